The van der Waals surface area contributed by atoms with Crippen LogP contribution in [0.25, 0.3) is 0 Å². The lowest BCUT2D eigenvalue weighted by molar-refractivity contribution is -0.119. The second-order valence-corrected chi connectivity index (χ2v) is 6.33. The molecule has 0 bridgehead atoms. The van der Waals surface area contributed by atoms with Crippen molar-refractivity contribution in [3.63, 3.8) is 0 Å². The number of rotatable bonds is 6. The first-order valence-electron chi connectivity index (χ1n) is 9.13. The number of aryl methyl sites for hydroxylation is 1. The van der Waals surface area contributed by atoms with E-state index in [1.165, 1.54) is 0 Å². The lowest BCUT2D eigenvalue weighted by Crippen LogP contribution is -2.22. The Labute approximate surface area is 167 Å². The number of amides is 1. The van der Waals surface area contributed by atoms with Crippen molar-refractivity contribution in [3.05, 3.63) is 40.7 Å². The van der Waals surface area contributed by atoms with Crippen molar-refractivity contribution in [3.8, 4) is 11.5 Å². The molecule has 1 aromatic carbocycles. The van der Waals surface area contributed by atoms with Gasteiger partial charge in [-0.05, 0) is 38.5 Å². The Bertz CT molecular complexity index is 949. The van der Waals surface area contributed by atoms with Crippen LogP contribution in [0.15, 0.2) is 18.2 Å². The van der Waals surface area contributed by atoms with Gasteiger partial charge in [0.2, 0.25) is 0 Å². The van der Waals surface area contributed by atoms with Gasteiger partial charge in [-0.1, -0.05) is 0 Å². The summed E-state index contributed by atoms with van der Waals surface area (Å²) in [6, 6.07) is 5.00. The van der Waals surface area contributed by atoms with Crippen LogP contribution < -0.4 is 14.8 Å². The average molecular weight is 402 g/mol. The van der Waals surface area contributed by atoms with Gasteiger partial charge in [-0.15, -0.1) is 0 Å². The molecule has 1 amide bonds. The fraction of sp³-hybridized carbons (Fsp3) is 0.350. The van der Waals surface area contributed by atoms with Crippen LogP contribution in [-0.4, -0.2) is 49.3 Å². The Balaban J connectivity index is 1.60. The summed E-state index contributed by atoms with van der Waals surface area (Å²) in [4.78, 5) is 39.3. The third-order valence-electron chi connectivity index (χ3n) is 4.28. The number of fused-ring (bicyclic) bond motifs is 1. The largest absolute Gasteiger partial charge is 0.486 e. The summed E-state index contributed by atoms with van der Waals surface area (Å²) in [6.07, 6.45) is 0. The molecule has 29 heavy (non-hydrogen) atoms. The SMILES string of the molecule is CCOC(=O)c1[nH]c(C)c(C(=O)OCC(=O)Nc2ccc3c(c2)OCCO3)c1C. The number of hydrogen-bond donors (Lipinski definition) is 2. The lowest BCUT2D eigenvalue weighted by atomic mass is 10.1. The fourth-order valence-corrected chi connectivity index (χ4v) is 2.99. The predicted molar refractivity (Wildman–Crippen MR) is 103 cm³/mol. The summed E-state index contributed by atoms with van der Waals surface area (Å²) in [5.74, 6) is -0.619. The zero-order valence-electron chi connectivity index (χ0n) is 16.4. The number of aromatic nitrogens is 1. The van der Waals surface area contributed by atoms with Gasteiger partial charge in [0.25, 0.3) is 5.91 Å². The number of carbonyl (C=O) groups excluding carboxylic acids is 3. The molecule has 154 valence electrons. The zero-order chi connectivity index (χ0) is 21.0. The number of nitrogens with one attached hydrogen (secondary N) is 2. The van der Waals surface area contributed by atoms with E-state index >= 15 is 0 Å². The van der Waals surface area contributed by atoms with Crippen LogP contribution in [0.3, 0.4) is 0 Å². The molecule has 1 aliphatic heterocycles. The molecule has 0 aliphatic carbocycles. The third kappa shape index (κ3) is 4.50. The van der Waals surface area contributed by atoms with Crippen molar-refractivity contribution in [2.24, 2.45) is 0 Å². The third-order valence-corrected chi connectivity index (χ3v) is 4.28. The quantitative estimate of drug-likeness (QED) is 0.713. The molecule has 0 atom stereocenters. The molecule has 0 unspecified atom stereocenters. The molecular weight excluding hydrogens is 380 g/mol. The summed E-state index contributed by atoms with van der Waals surface area (Å²) in [6.45, 7) is 5.60. The van der Waals surface area contributed by atoms with Crippen molar-refractivity contribution in [2.45, 2.75) is 20.8 Å². The Kier molecular flexibility index (Phi) is 6.06. The van der Waals surface area contributed by atoms with E-state index in [1.54, 1.807) is 39.0 Å². The number of hydrogen-bond acceptors (Lipinski definition) is 7. The van der Waals surface area contributed by atoms with Gasteiger partial charge in [0.15, 0.2) is 18.1 Å². The van der Waals surface area contributed by atoms with Crippen LogP contribution in [-0.2, 0) is 14.3 Å². The maximum Gasteiger partial charge on any atom is 0.355 e. The molecule has 0 fully saturated rings. The van der Waals surface area contributed by atoms with E-state index in [9.17, 15) is 14.4 Å². The number of carbonyl (C=O) groups is 3. The molecule has 0 spiro atoms. The van der Waals surface area contributed by atoms with E-state index in [-0.39, 0.29) is 17.9 Å². The summed E-state index contributed by atoms with van der Waals surface area (Å²) in [5, 5.41) is 2.63. The number of benzene rings is 1. The molecule has 0 saturated carbocycles. The Morgan fingerprint density at radius 2 is 1.79 bits per heavy atom. The molecule has 2 N–H and O–H groups in total. The molecule has 3 rings (SSSR count). The highest BCUT2D eigenvalue weighted by atomic mass is 16.6. The second kappa shape index (κ2) is 8.68. The van der Waals surface area contributed by atoms with E-state index in [1.807, 2.05) is 0 Å². The van der Waals surface area contributed by atoms with E-state index < -0.39 is 24.5 Å². The molecule has 2 aromatic rings. The van der Waals surface area contributed by atoms with Crippen molar-refractivity contribution in [1.29, 1.82) is 0 Å². The van der Waals surface area contributed by atoms with E-state index in [4.69, 9.17) is 18.9 Å². The van der Waals surface area contributed by atoms with Crippen LogP contribution in [0.2, 0.25) is 0 Å². The smallest absolute Gasteiger partial charge is 0.355 e. The summed E-state index contributed by atoms with van der Waals surface area (Å²) >= 11 is 0. The first-order chi connectivity index (χ1) is 13.9. The van der Waals surface area contributed by atoms with Crippen LogP contribution in [0.4, 0.5) is 5.69 Å². The van der Waals surface area contributed by atoms with Crippen LogP contribution in [0.5, 0.6) is 11.5 Å². The van der Waals surface area contributed by atoms with Gasteiger partial charge in [-0.25, -0.2) is 9.59 Å². The molecule has 0 saturated heterocycles. The molecule has 9 nitrogen and oxygen atoms in total. The van der Waals surface area contributed by atoms with Crippen LogP contribution in [0, 0.1) is 13.8 Å². The monoisotopic (exact) mass is 402 g/mol. The lowest BCUT2D eigenvalue weighted by Gasteiger charge is -2.19. The number of H-pyrrole nitrogens is 1. The summed E-state index contributed by atoms with van der Waals surface area (Å²) in [5.41, 5.74) is 1.77. The zero-order valence-corrected chi connectivity index (χ0v) is 16.4. The highest BCUT2D eigenvalue weighted by Gasteiger charge is 2.24. The highest BCUT2D eigenvalue weighted by Crippen LogP contribution is 2.32. The van der Waals surface area contributed by atoms with Gasteiger partial charge in [0.1, 0.15) is 18.9 Å². The van der Waals surface area contributed by atoms with Crippen LogP contribution in [0.1, 0.15) is 39.0 Å². The minimum absolute atomic E-state index is 0.192. The topological polar surface area (TPSA) is 116 Å². The first-order valence-corrected chi connectivity index (χ1v) is 9.13. The number of anilines is 1. The minimum atomic E-state index is -0.705. The Morgan fingerprint density at radius 1 is 1.07 bits per heavy atom. The van der Waals surface area contributed by atoms with E-state index in [2.05, 4.69) is 10.3 Å². The molecular formula is C20H22N2O7. The van der Waals surface area contributed by atoms with Gasteiger partial charge >= 0.3 is 11.9 Å². The second-order valence-electron chi connectivity index (χ2n) is 6.33. The van der Waals surface area contributed by atoms with Crippen molar-refractivity contribution in [1.82, 2.24) is 4.98 Å². The molecule has 0 radical (unpaired) electrons. The minimum Gasteiger partial charge on any atom is -0.486 e. The predicted octanol–water partition coefficient (Wildman–Crippen LogP) is 2.37. The van der Waals surface area contributed by atoms with Crippen molar-refractivity contribution >= 4 is 23.5 Å². The maximum atomic E-state index is 12.4. The van der Waals surface area contributed by atoms with Gasteiger partial charge in [0, 0.05) is 17.4 Å². The summed E-state index contributed by atoms with van der Waals surface area (Å²) in [7, 11) is 0. The molecule has 9 heteroatoms. The summed E-state index contributed by atoms with van der Waals surface area (Å²) < 4.78 is 21.0. The molecule has 1 aromatic heterocycles. The molecule has 2 heterocycles. The van der Waals surface area contributed by atoms with Crippen LogP contribution >= 0.6 is 0 Å². The van der Waals surface area contributed by atoms with E-state index in [0.717, 1.165) is 0 Å². The van der Waals surface area contributed by atoms with Crippen molar-refractivity contribution in [2.75, 3.05) is 31.7 Å². The average Bonchev–Trinajstić information content (AvgIpc) is 3.00. The standard InChI is InChI=1S/C20H22N2O7/c1-4-26-20(25)18-11(2)17(12(3)21-18)19(24)29-10-16(23)22-13-5-6-14-15(9-13)28-8-7-27-14/h5-6,9,21H,4,7-8,10H2,1-3H3,(H,22,23). The highest BCUT2D eigenvalue weighted by molar-refractivity contribution is 6.00. The van der Waals surface area contributed by atoms with Gasteiger partial charge in [-0.2, -0.15) is 0 Å². The Morgan fingerprint density at radius 3 is 2.52 bits per heavy atom. The number of ether oxygens (including phenoxy) is 4. The van der Waals surface area contributed by atoms with Gasteiger partial charge in [-0.3, -0.25) is 4.79 Å². The van der Waals surface area contributed by atoms with Crippen molar-refractivity contribution < 1.29 is 33.3 Å². The van der Waals surface area contributed by atoms with Gasteiger partial charge < -0.3 is 29.2 Å². The maximum absolute atomic E-state index is 12.4. The Hall–Kier alpha value is -3.49. The van der Waals surface area contributed by atoms with Gasteiger partial charge in [0.05, 0.1) is 12.2 Å². The fourth-order valence-electron chi connectivity index (χ4n) is 2.99. The number of aromatic amines is 1. The number of esters is 2. The van der Waals surface area contributed by atoms with E-state index in [0.29, 0.717) is 41.7 Å². The normalized spacial score (nSPS) is 12.2. The first kappa shape index (κ1) is 20.2. The molecule has 1 aliphatic rings.